The summed E-state index contributed by atoms with van der Waals surface area (Å²) in [5.41, 5.74) is 0. The Morgan fingerprint density at radius 1 is 0.857 bits per heavy atom. The highest BCUT2D eigenvalue weighted by atomic mass is 16.5. The first kappa shape index (κ1) is 26.7. The van der Waals surface area contributed by atoms with Gasteiger partial charge in [0.1, 0.15) is 0 Å². The van der Waals surface area contributed by atoms with Crippen LogP contribution in [0, 0.1) is 0 Å². The molecule has 0 aromatic carbocycles. The molecule has 28 heavy (non-hydrogen) atoms. The fraction of sp³-hybridized carbons (Fsp3) is 0.909. The number of rotatable bonds is 18. The molecule has 0 heterocycles. The summed E-state index contributed by atoms with van der Waals surface area (Å²) in [5.74, 6) is -0.312. The summed E-state index contributed by atoms with van der Waals surface area (Å²) < 4.78 is 4.70. The number of nitrogens with one attached hydrogen (secondary N) is 2. The zero-order valence-corrected chi connectivity index (χ0v) is 18.9. The normalized spacial score (nSPS) is 12.0. The van der Waals surface area contributed by atoms with Gasteiger partial charge in [0.2, 0.25) is 0 Å². The SMILES string of the molecule is CCCCCCCCCCCCCCNC(=O)N[C@H](CC(=O)OC)CN(C)C. The Morgan fingerprint density at radius 2 is 1.36 bits per heavy atom. The van der Waals surface area contributed by atoms with Gasteiger partial charge in [0.05, 0.1) is 19.6 Å². The van der Waals surface area contributed by atoms with E-state index in [0.29, 0.717) is 13.1 Å². The Bertz CT molecular complexity index is 389. The van der Waals surface area contributed by atoms with Crippen molar-refractivity contribution in [2.75, 3.05) is 34.3 Å². The van der Waals surface area contributed by atoms with Crippen LogP contribution in [0.4, 0.5) is 4.79 Å². The lowest BCUT2D eigenvalue weighted by Crippen LogP contribution is -2.47. The van der Waals surface area contributed by atoms with Crippen molar-refractivity contribution in [2.45, 2.75) is 96.4 Å². The van der Waals surface area contributed by atoms with Gasteiger partial charge in [-0.25, -0.2) is 4.79 Å². The van der Waals surface area contributed by atoms with Crippen LogP contribution >= 0.6 is 0 Å². The summed E-state index contributed by atoms with van der Waals surface area (Å²) >= 11 is 0. The number of unbranched alkanes of at least 4 members (excludes halogenated alkanes) is 11. The maximum absolute atomic E-state index is 12.0. The first-order valence-electron chi connectivity index (χ1n) is 11.3. The van der Waals surface area contributed by atoms with Crippen molar-refractivity contribution in [2.24, 2.45) is 0 Å². The van der Waals surface area contributed by atoms with Crippen molar-refractivity contribution in [1.82, 2.24) is 15.5 Å². The number of methoxy groups -OCH3 is 1. The fourth-order valence-electron chi connectivity index (χ4n) is 3.29. The average Bonchev–Trinajstić information content (AvgIpc) is 2.64. The summed E-state index contributed by atoms with van der Waals surface area (Å²) in [6.07, 6.45) is 15.8. The molecular formula is C22H45N3O3. The van der Waals surface area contributed by atoms with E-state index in [4.69, 9.17) is 4.74 Å². The second kappa shape index (κ2) is 19.0. The molecule has 2 N–H and O–H groups in total. The Kier molecular flexibility index (Phi) is 18.2. The predicted molar refractivity (Wildman–Crippen MR) is 117 cm³/mol. The van der Waals surface area contributed by atoms with Crippen LogP contribution in [-0.2, 0) is 9.53 Å². The smallest absolute Gasteiger partial charge is 0.315 e. The molecule has 0 rings (SSSR count). The first-order valence-corrected chi connectivity index (χ1v) is 11.3. The average molecular weight is 400 g/mol. The number of amides is 2. The van der Waals surface area contributed by atoms with Crippen molar-refractivity contribution in [3.05, 3.63) is 0 Å². The van der Waals surface area contributed by atoms with Gasteiger partial charge in [-0.1, -0.05) is 77.6 Å². The molecule has 0 aromatic rings. The standard InChI is InChI=1S/C22H45N3O3/c1-5-6-7-8-9-10-11-12-13-14-15-16-17-23-22(27)24-20(19-25(2)3)18-21(26)28-4/h20H,5-19H2,1-4H3,(H2,23,24,27)/t20-/m1/s1. The van der Waals surface area contributed by atoms with E-state index >= 15 is 0 Å². The highest BCUT2D eigenvalue weighted by Gasteiger charge is 2.17. The van der Waals surface area contributed by atoms with Gasteiger partial charge < -0.3 is 20.3 Å². The number of esters is 1. The van der Waals surface area contributed by atoms with Crippen molar-refractivity contribution in [3.63, 3.8) is 0 Å². The van der Waals surface area contributed by atoms with E-state index in [0.717, 1.165) is 12.8 Å². The molecule has 0 fully saturated rings. The van der Waals surface area contributed by atoms with E-state index in [1.165, 1.54) is 71.3 Å². The third kappa shape index (κ3) is 18.1. The summed E-state index contributed by atoms with van der Waals surface area (Å²) in [7, 11) is 5.19. The topological polar surface area (TPSA) is 70.7 Å². The molecule has 6 nitrogen and oxygen atoms in total. The van der Waals surface area contributed by atoms with Crippen LogP contribution in [0.1, 0.15) is 90.4 Å². The number of nitrogens with zero attached hydrogens (tertiary/aromatic N) is 1. The number of likely N-dealkylation sites (N-methyl/N-ethyl adjacent to an activating group) is 1. The highest BCUT2D eigenvalue weighted by Crippen LogP contribution is 2.11. The zero-order chi connectivity index (χ0) is 21.0. The van der Waals surface area contributed by atoms with Crippen LogP contribution in [-0.4, -0.2) is 57.2 Å². The number of urea groups is 1. The van der Waals surface area contributed by atoms with E-state index in [-0.39, 0.29) is 24.5 Å². The van der Waals surface area contributed by atoms with Gasteiger partial charge in [-0.15, -0.1) is 0 Å². The molecule has 0 unspecified atom stereocenters. The van der Waals surface area contributed by atoms with Crippen LogP contribution < -0.4 is 10.6 Å². The molecule has 0 aromatic heterocycles. The number of ether oxygens (including phenoxy) is 1. The van der Waals surface area contributed by atoms with Gasteiger partial charge in [-0.05, 0) is 20.5 Å². The summed E-state index contributed by atoms with van der Waals surface area (Å²) in [6.45, 7) is 3.53. The molecule has 2 amide bonds. The fourth-order valence-corrected chi connectivity index (χ4v) is 3.29. The Labute approximate surface area is 173 Å². The predicted octanol–water partition coefficient (Wildman–Crippen LogP) is 4.48. The van der Waals surface area contributed by atoms with Gasteiger partial charge in [0.15, 0.2) is 0 Å². The van der Waals surface area contributed by atoms with E-state index < -0.39 is 0 Å². The lowest BCUT2D eigenvalue weighted by Gasteiger charge is -2.21. The van der Waals surface area contributed by atoms with Crippen molar-refractivity contribution in [3.8, 4) is 0 Å². The Balaban J connectivity index is 3.60. The molecule has 166 valence electrons. The summed E-state index contributed by atoms with van der Waals surface area (Å²) in [6, 6.07) is -0.455. The molecule has 6 heteroatoms. The van der Waals surface area contributed by atoms with Gasteiger partial charge in [0, 0.05) is 13.1 Å². The molecule has 0 aliphatic rings. The summed E-state index contributed by atoms with van der Waals surface area (Å²) in [4.78, 5) is 25.4. The minimum absolute atomic E-state index is 0.181. The van der Waals surface area contributed by atoms with Crippen LogP contribution in [0.3, 0.4) is 0 Å². The van der Waals surface area contributed by atoms with Crippen LogP contribution in [0.2, 0.25) is 0 Å². The third-order valence-electron chi connectivity index (χ3n) is 4.88. The second-order valence-corrected chi connectivity index (χ2v) is 8.03. The van der Waals surface area contributed by atoms with Gasteiger partial charge >= 0.3 is 12.0 Å². The number of carbonyl (C=O) groups is 2. The summed E-state index contributed by atoms with van der Waals surface area (Å²) in [5, 5.41) is 5.76. The maximum Gasteiger partial charge on any atom is 0.315 e. The van der Waals surface area contributed by atoms with E-state index in [1.54, 1.807) is 0 Å². The van der Waals surface area contributed by atoms with Gasteiger partial charge in [-0.3, -0.25) is 4.79 Å². The van der Waals surface area contributed by atoms with E-state index in [2.05, 4.69) is 17.6 Å². The molecule has 0 saturated heterocycles. The molecule has 0 spiro atoms. The molecule has 0 radical (unpaired) electrons. The van der Waals surface area contributed by atoms with E-state index in [9.17, 15) is 9.59 Å². The van der Waals surface area contributed by atoms with Crippen LogP contribution in [0.5, 0.6) is 0 Å². The molecular weight excluding hydrogens is 354 g/mol. The van der Waals surface area contributed by atoms with Gasteiger partial charge in [-0.2, -0.15) is 0 Å². The lowest BCUT2D eigenvalue weighted by molar-refractivity contribution is -0.141. The first-order chi connectivity index (χ1) is 13.5. The van der Waals surface area contributed by atoms with Crippen LogP contribution in [0.15, 0.2) is 0 Å². The zero-order valence-electron chi connectivity index (χ0n) is 18.9. The van der Waals surface area contributed by atoms with Crippen molar-refractivity contribution < 1.29 is 14.3 Å². The van der Waals surface area contributed by atoms with Gasteiger partial charge in [0.25, 0.3) is 0 Å². The lowest BCUT2D eigenvalue weighted by atomic mass is 10.1. The molecule has 0 aliphatic carbocycles. The number of hydrogen-bond acceptors (Lipinski definition) is 4. The Hall–Kier alpha value is -1.30. The van der Waals surface area contributed by atoms with Crippen molar-refractivity contribution >= 4 is 12.0 Å². The minimum Gasteiger partial charge on any atom is -0.469 e. The highest BCUT2D eigenvalue weighted by molar-refractivity contribution is 5.76. The largest absolute Gasteiger partial charge is 0.469 e. The number of carbonyl (C=O) groups excluding carboxylic acids is 2. The quantitative estimate of drug-likeness (QED) is 0.263. The molecule has 0 aliphatic heterocycles. The van der Waals surface area contributed by atoms with E-state index in [1.807, 2.05) is 19.0 Å². The monoisotopic (exact) mass is 399 g/mol. The molecule has 0 bridgehead atoms. The second-order valence-electron chi connectivity index (χ2n) is 8.03. The Morgan fingerprint density at radius 3 is 1.82 bits per heavy atom. The number of hydrogen-bond donors (Lipinski definition) is 2. The molecule has 0 saturated carbocycles. The minimum atomic E-state index is -0.312. The van der Waals surface area contributed by atoms with Crippen molar-refractivity contribution in [1.29, 1.82) is 0 Å². The molecule has 1 atom stereocenters. The maximum atomic E-state index is 12.0. The third-order valence-corrected chi connectivity index (χ3v) is 4.88. The van der Waals surface area contributed by atoms with Crippen LogP contribution in [0.25, 0.3) is 0 Å².